The normalized spacial score (nSPS) is 11.4. The fourth-order valence-electron chi connectivity index (χ4n) is 2.21. The van der Waals surface area contributed by atoms with Gasteiger partial charge in [0.1, 0.15) is 5.03 Å². The summed E-state index contributed by atoms with van der Waals surface area (Å²) in [6.07, 6.45) is -1.01. The van der Waals surface area contributed by atoms with E-state index in [1.165, 1.54) is 17.8 Å². The summed E-state index contributed by atoms with van der Waals surface area (Å²) >= 11 is 2.49. The number of rotatable bonds is 4. The second kappa shape index (κ2) is 7.46. The average Bonchev–Trinajstić information content (AvgIpc) is 3.09. The van der Waals surface area contributed by atoms with Crippen LogP contribution in [0.3, 0.4) is 0 Å². The highest BCUT2D eigenvalue weighted by molar-refractivity contribution is 7.98. The van der Waals surface area contributed by atoms with Gasteiger partial charge in [0.2, 0.25) is 0 Å². The van der Waals surface area contributed by atoms with Gasteiger partial charge < -0.3 is 0 Å². The van der Waals surface area contributed by atoms with Crippen LogP contribution in [0.1, 0.15) is 15.9 Å². The molecule has 0 saturated heterocycles. The standard InChI is InChI=1S/C17H12F3N3OS2/c1-25-15-12(6-3-7-21-15)14(24)23-16-22-13(9-26-16)10-4-2-5-11(8-10)17(18,19)20/h2-9H,1H3,(H,22,23,24). The molecule has 0 aliphatic rings. The molecule has 0 aliphatic heterocycles. The summed E-state index contributed by atoms with van der Waals surface area (Å²) < 4.78 is 38.5. The van der Waals surface area contributed by atoms with E-state index in [2.05, 4.69) is 15.3 Å². The molecule has 0 aliphatic carbocycles. The molecule has 1 amide bonds. The molecule has 0 fully saturated rings. The maximum Gasteiger partial charge on any atom is 0.416 e. The molecule has 1 N–H and O–H groups in total. The van der Waals surface area contributed by atoms with Crippen LogP contribution in [0.25, 0.3) is 11.3 Å². The quantitative estimate of drug-likeness (QED) is 0.617. The van der Waals surface area contributed by atoms with Gasteiger partial charge in [0.25, 0.3) is 5.91 Å². The van der Waals surface area contributed by atoms with Crippen molar-refractivity contribution in [2.45, 2.75) is 11.2 Å². The highest BCUT2D eigenvalue weighted by atomic mass is 32.2. The van der Waals surface area contributed by atoms with Crippen LogP contribution in [0, 0.1) is 0 Å². The van der Waals surface area contributed by atoms with Crippen LogP contribution in [-0.2, 0) is 6.18 Å². The number of anilines is 1. The van der Waals surface area contributed by atoms with Crippen LogP contribution in [0.15, 0.2) is 53.0 Å². The lowest BCUT2D eigenvalue weighted by molar-refractivity contribution is -0.137. The predicted octanol–water partition coefficient (Wildman–Crippen LogP) is 5.20. The number of nitrogens with one attached hydrogen (secondary N) is 1. The van der Waals surface area contributed by atoms with Gasteiger partial charge in [0, 0.05) is 17.1 Å². The SMILES string of the molecule is CSc1ncccc1C(=O)Nc1nc(-c2cccc(C(F)(F)F)c2)cs1. The molecule has 26 heavy (non-hydrogen) atoms. The summed E-state index contributed by atoms with van der Waals surface area (Å²) in [6, 6.07) is 8.22. The highest BCUT2D eigenvalue weighted by Crippen LogP contribution is 2.33. The highest BCUT2D eigenvalue weighted by Gasteiger charge is 2.30. The first-order chi connectivity index (χ1) is 12.4. The van der Waals surface area contributed by atoms with Gasteiger partial charge in [-0.15, -0.1) is 23.1 Å². The number of thioether (sulfide) groups is 1. The van der Waals surface area contributed by atoms with Gasteiger partial charge in [-0.1, -0.05) is 12.1 Å². The minimum Gasteiger partial charge on any atom is -0.298 e. The summed E-state index contributed by atoms with van der Waals surface area (Å²) in [6.45, 7) is 0. The minimum absolute atomic E-state index is 0.304. The third kappa shape index (κ3) is 4.05. The molecule has 0 atom stereocenters. The van der Waals surface area contributed by atoms with E-state index < -0.39 is 11.7 Å². The van der Waals surface area contributed by atoms with Gasteiger partial charge in [0.15, 0.2) is 5.13 Å². The molecule has 3 rings (SSSR count). The number of hydrogen-bond acceptors (Lipinski definition) is 5. The van der Waals surface area contributed by atoms with Gasteiger partial charge in [-0.25, -0.2) is 9.97 Å². The summed E-state index contributed by atoms with van der Waals surface area (Å²) in [4.78, 5) is 20.7. The van der Waals surface area contributed by atoms with Crippen molar-refractivity contribution in [1.29, 1.82) is 0 Å². The fourth-order valence-corrected chi connectivity index (χ4v) is 3.47. The van der Waals surface area contributed by atoms with E-state index in [0.717, 1.165) is 23.5 Å². The van der Waals surface area contributed by atoms with E-state index >= 15 is 0 Å². The number of aromatic nitrogens is 2. The van der Waals surface area contributed by atoms with Crippen molar-refractivity contribution >= 4 is 34.1 Å². The van der Waals surface area contributed by atoms with Gasteiger partial charge in [-0.3, -0.25) is 10.1 Å². The molecule has 4 nitrogen and oxygen atoms in total. The summed E-state index contributed by atoms with van der Waals surface area (Å²) in [5.41, 5.74) is 0.375. The molecule has 0 unspecified atom stereocenters. The number of halogens is 3. The summed E-state index contributed by atoms with van der Waals surface area (Å²) in [5.74, 6) is -0.368. The van der Waals surface area contributed by atoms with Crippen LogP contribution >= 0.6 is 23.1 Å². The van der Waals surface area contributed by atoms with Crippen LogP contribution in [0.2, 0.25) is 0 Å². The Morgan fingerprint density at radius 1 is 1.23 bits per heavy atom. The number of nitrogens with zero attached hydrogens (tertiary/aromatic N) is 2. The molecule has 134 valence electrons. The van der Waals surface area contributed by atoms with Crippen molar-refractivity contribution in [2.75, 3.05) is 11.6 Å². The Labute approximate surface area is 155 Å². The second-order valence-electron chi connectivity index (χ2n) is 5.13. The number of carbonyl (C=O) groups is 1. The molecule has 0 saturated carbocycles. The molecular weight excluding hydrogens is 383 g/mol. The Balaban J connectivity index is 1.81. The van der Waals surface area contributed by atoms with Crippen LogP contribution in [0.5, 0.6) is 0 Å². The monoisotopic (exact) mass is 395 g/mol. The Hall–Kier alpha value is -2.39. The Morgan fingerprint density at radius 2 is 2.04 bits per heavy atom. The first-order valence-electron chi connectivity index (χ1n) is 7.32. The Bertz CT molecular complexity index is 941. The number of alkyl halides is 3. The van der Waals surface area contributed by atoms with Crippen LogP contribution in [0.4, 0.5) is 18.3 Å². The van der Waals surface area contributed by atoms with Crippen molar-refractivity contribution in [3.05, 3.63) is 59.1 Å². The van der Waals surface area contributed by atoms with Gasteiger partial charge in [-0.2, -0.15) is 13.2 Å². The first kappa shape index (κ1) is 18.4. The molecular formula is C17H12F3N3OS2. The maximum absolute atomic E-state index is 12.8. The molecule has 3 aromatic rings. The van der Waals surface area contributed by atoms with Gasteiger partial charge >= 0.3 is 6.18 Å². The zero-order chi connectivity index (χ0) is 18.7. The summed E-state index contributed by atoms with van der Waals surface area (Å²) in [7, 11) is 0. The maximum atomic E-state index is 12.8. The van der Waals surface area contributed by atoms with Crippen LogP contribution < -0.4 is 5.32 Å². The van der Waals surface area contributed by atoms with Crippen molar-refractivity contribution < 1.29 is 18.0 Å². The zero-order valence-corrected chi connectivity index (χ0v) is 15.0. The molecule has 2 heterocycles. The first-order valence-corrected chi connectivity index (χ1v) is 9.42. The second-order valence-corrected chi connectivity index (χ2v) is 6.78. The van der Waals surface area contributed by atoms with E-state index in [1.807, 2.05) is 6.26 Å². The van der Waals surface area contributed by atoms with Crippen molar-refractivity contribution in [2.24, 2.45) is 0 Å². The lowest BCUT2D eigenvalue weighted by atomic mass is 10.1. The van der Waals surface area contributed by atoms with Gasteiger partial charge in [0.05, 0.1) is 16.8 Å². The van der Waals surface area contributed by atoms with E-state index in [-0.39, 0.29) is 5.91 Å². The van der Waals surface area contributed by atoms with Crippen molar-refractivity contribution in [1.82, 2.24) is 9.97 Å². The van der Waals surface area contributed by atoms with Crippen molar-refractivity contribution in [3.8, 4) is 11.3 Å². The number of hydrogen-bond donors (Lipinski definition) is 1. The lowest BCUT2D eigenvalue weighted by Crippen LogP contribution is -2.13. The Kier molecular flexibility index (Phi) is 5.28. The molecule has 2 aromatic heterocycles. The zero-order valence-electron chi connectivity index (χ0n) is 13.4. The number of thiazole rings is 1. The molecule has 0 radical (unpaired) electrons. The molecule has 1 aromatic carbocycles. The van der Waals surface area contributed by atoms with E-state index in [0.29, 0.717) is 27.0 Å². The minimum atomic E-state index is -4.42. The summed E-state index contributed by atoms with van der Waals surface area (Å²) in [5, 5.41) is 5.15. The average molecular weight is 395 g/mol. The molecule has 0 bridgehead atoms. The largest absolute Gasteiger partial charge is 0.416 e. The van der Waals surface area contributed by atoms with Gasteiger partial charge in [-0.05, 0) is 30.5 Å². The predicted molar refractivity (Wildman–Crippen MR) is 96.5 cm³/mol. The fraction of sp³-hybridized carbons (Fsp3) is 0.118. The van der Waals surface area contributed by atoms with Crippen molar-refractivity contribution in [3.63, 3.8) is 0 Å². The Morgan fingerprint density at radius 3 is 2.77 bits per heavy atom. The van der Waals surface area contributed by atoms with E-state index in [1.54, 1.807) is 29.8 Å². The third-order valence-electron chi connectivity index (χ3n) is 3.42. The number of benzene rings is 1. The number of pyridine rings is 1. The van der Waals surface area contributed by atoms with Crippen LogP contribution in [-0.4, -0.2) is 22.1 Å². The lowest BCUT2D eigenvalue weighted by Gasteiger charge is -2.07. The third-order valence-corrected chi connectivity index (χ3v) is 4.89. The smallest absolute Gasteiger partial charge is 0.298 e. The topological polar surface area (TPSA) is 54.9 Å². The number of carbonyl (C=O) groups excluding carboxylic acids is 1. The molecule has 9 heteroatoms. The molecule has 0 spiro atoms. The number of amides is 1. The van der Waals surface area contributed by atoms with E-state index in [4.69, 9.17) is 0 Å². The van der Waals surface area contributed by atoms with E-state index in [9.17, 15) is 18.0 Å².